The second kappa shape index (κ2) is 8.77. The van der Waals surface area contributed by atoms with Gasteiger partial charge in [-0.15, -0.1) is 0 Å². The Bertz CT molecular complexity index is 456. The van der Waals surface area contributed by atoms with E-state index in [0.29, 0.717) is 5.02 Å². The van der Waals surface area contributed by atoms with E-state index in [9.17, 15) is 9.90 Å². The van der Waals surface area contributed by atoms with Crippen LogP contribution < -0.4 is 5.32 Å². The fraction of sp³-hybridized carbons (Fsp3) is 0.438. The molecule has 0 aliphatic carbocycles. The Balaban J connectivity index is 2.44. The first kappa shape index (κ1) is 16.7. The summed E-state index contributed by atoms with van der Waals surface area (Å²) in [6.45, 7) is 4.36. The van der Waals surface area contributed by atoms with E-state index in [4.69, 9.17) is 11.6 Å². The van der Waals surface area contributed by atoms with Crippen LogP contribution >= 0.6 is 11.6 Å². The van der Waals surface area contributed by atoms with E-state index in [1.54, 1.807) is 18.2 Å². The summed E-state index contributed by atoms with van der Waals surface area (Å²) in [5, 5.41) is 13.3. The number of amides is 1. The molecule has 0 radical (unpaired) electrons. The lowest BCUT2D eigenvalue weighted by Gasteiger charge is -2.19. The van der Waals surface area contributed by atoms with Crippen molar-refractivity contribution >= 4 is 23.6 Å². The highest BCUT2D eigenvalue weighted by atomic mass is 35.5. The SMILES string of the molecule is CCC(CC)C(O)CNC(=O)/C=C/c1cccc(Cl)c1. The monoisotopic (exact) mass is 295 g/mol. The van der Waals surface area contributed by atoms with Gasteiger partial charge in [-0.25, -0.2) is 0 Å². The zero-order valence-electron chi connectivity index (χ0n) is 12.0. The standard InChI is InChI=1S/C16H22ClNO2/c1-3-13(4-2)15(19)11-18-16(20)9-8-12-6-5-7-14(17)10-12/h5-10,13,15,19H,3-4,11H2,1-2H3,(H,18,20)/b9-8+. The van der Waals surface area contributed by atoms with Crippen LogP contribution in [0.25, 0.3) is 6.08 Å². The molecule has 1 unspecified atom stereocenters. The third-order valence-electron chi connectivity index (χ3n) is 3.35. The van der Waals surface area contributed by atoms with Crippen LogP contribution in [0.15, 0.2) is 30.3 Å². The molecule has 1 aromatic rings. The van der Waals surface area contributed by atoms with Crippen molar-refractivity contribution < 1.29 is 9.90 Å². The van der Waals surface area contributed by atoms with Crippen LogP contribution in [0, 0.1) is 5.92 Å². The second-order valence-corrected chi connectivity index (χ2v) is 5.21. The number of aliphatic hydroxyl groups excluding tert-OH is 1. The van der Waals surface area contributed by atoms with Gasteiger partial charge in [-0.1, -0.05) is 50.4 Å². The number of benzene rings is 1. The summed E-state index contributed by atoms with van der Waals surface area (Å²) in [6, 6.07) is 7.26. The van der Waals surface area contributed by atoms with Gasteiger partial charge in [-0.3, -0.25) is 4.79 Å². The van der Waals surface area contributed by atoms with Crippen LogP contribution in [0.5, 0.6) is 0 Å². The molecule has 4 heteroatoms. The number of halogens is 1. The molecule has 0 spiro atoms. The zero-order valence-corrected chi connectivity index (χ0v) is 12.7. The maximum atomic E-state index is 11.7. The van der Waals surface area contributed by atoms with Crippen molar-refractivity contribution in [2.75, 3.05) is 6.54 Å². The summed E-state index contributed by atoms with van der Waals surface area (Å²) in [5.74, 6) is 0.0159. The number of carbonyl (C=O) groups excluding carboxylic acids is 1. The molecule has 0 heterocycles. The maximum absolute atomic E-state index is 11.7. The molecule has 0 saturated heterocycles. The summed E-state index contributed by atoms with van der Waals surface area (Å²) < 4.78 is 0. The number of nitrogens with one attached hydrogen (secondary N) is 1. The summed E-state index contributed by atoms with van der Waals surface area (Å²) in [6.07, 6.45) is 4.47. The van der Waals surface area contributed by atoms with E-state index >= 15 is 0 Å². The van der Waals surface area contributed by atoms with Crippen molar-refractivity contribution in [2.24, 2.45) is 5.92 Å². The fourth-order valence-corrected chi connectivity index (χ4v) is 2.24. The highest BCUT2D eigenvalue weighted by Crippen LogP contribution is 2.13. The number of aliphatic hydroxyl groups is 1. The molecule has 1 atom stereocenters. The zero-order chi connectivity index (χ0) is 15.0. The summed E-state index contributed by atoms with van der Waals surface area (Å²) in [5.41, 5.74) is 0.869. The minimum absolute atomic E-state index is 0.213. The highest BCUT2D eigenvalue weighted by Gasteiger charge is 2.15. The van der Waals surface area contributed by atoms with Crippen molar-refractivity contribution in [1.82, 2.24) is 5.32 Å². The van der Waals surface area contributed by atoms with Crippen molar-refractivity contribution in [3.63, 3.8) is 0 Å². The van der Waals surface area contributed by atoms with Crippen LogP contribution in [-0.4, -0.2) is 23.7 Å². The molecule has 0 fully saturated rings. The van der Waals surface area contributed by atoms with Crippen molar-refractivity contribution in [2.45, 2.75) is 32.8 Å². The molecule has 2 N–H and O–H groups in total. The lowest BCUT2D eigenvalue weighted by Crippen LogP contribution is -2.35. The van der Waals surface area contributed by atoms with Crippen LogP contribution in [0.1, 0.15) is 32.3 Å². The van der Waals surface area contributed by atoms with Gasteiger partial charge in [0.25, 0.3) is 0 Å². The first-order valence-corrected chi connectivity index (χ1v) is 7.34. The molecular formula is C16H22ClNO2. The second-order valence-electron chi connectivity index (χ2n) is 4.78. The quantitative estimate of drug-likeness (QED) is 0.759. The normalized spacial score (nSPS) is 12.8. The number of hydrogen-bond donors (Lipinski definition) is 2. The van der Waals surface area contributed by atoms with Gasteiger partial charge >= 0.3 is 0 Å². The van der Waals surface area contributed by atoms with Crippen molar-refractivity contribution in [1.29, 1.82) is 0 Å². The number of rotatable bonds is 7. The first-order valence-electron chi connectivity index (χ1n) is 6.96. The molecule has 1 amide bonds. The Morgan fingerprint density at radius 3 is 2.70 bits per heavy atom. The Labute approximate surface area is 125 Å². The van der Waals surface area contributed by atoms with Crippen molar-refractivity contribution in [3.8, 4) is 0 Å². The molecule has 0 aromatic heterocycles. The van der Waals surface area contributed by atoms with Gasteiger partial charge in [0.2, 0.25) is 5.91 Å². The molecule has 0 saturated carbocycles. The van der Waals surface area contributed by atoms with Gasteiger partial charge in [0.1, 0.15) is 0 Å². The van der Waals surface area contributed by atoms with Crippen LogP contribution in [0.3, 0.4) is 0 Å². The largest absolute Gasteiger partial charge is 0.391 e. The minimum atomic E-state index is -0.492. The predicted molar refractivity (Wildman–Crippen MR) is 83.6 cm³/mol. The smallest absolute Gasteiger partial charge is 0.244 e. The van der Waals surface area contributed by atoms with Crippen LogP contribution in [0.2, 0.25) is 5.02 Å². The van der Waals surface area contributed by atoms with E-state index in [1.807, 2.05) is 26.0 Å². The number of carbonyl (C=O) groups is 1. The van der Waals surface area contributed by atoms with Gasteiger partial charge < -0.3 is 10.4 Å². The maximum Gasteiger partial charge on any atom is 0.244 e. The third kappa shape index (κ3) is 5.76. The Kier molecular flexibility index (Phi) is 7.34. The van der Waals surface area contributed by atoms with E-state index in [1.165, 1.54) is 6.08 Å². The lowest BCUT2D eigenvalue weighted by molar-refractivity contribution is -0.117. The number of hydrogen-bond acceptors (Lipinski definition) is 2. The van der Waals surface area contributed by atoms with Gasteiger partial charge in [-0.05, 0) is 29.7 Å². The Morgan fingerprint density at radius 2 is 2.10 bits per heavy atom. The van der Waals surface area contributed by atoms with E-state index in [2.05, 4.69) is 5.32 Å². The average Bonchev–Trinajstić information content (AvgIpc) is 2.44. The molecule has 110 valence electrons. The molecule has 0 aliphatic heterocycles. The van der Waals surface area contributed by atoms with E-state index in [0.717, 1.165) is 18.4 Å². The summed E-state index contributed by atoms with van der Waals surface area (Å²) >= 11 is 5.86. The van der Waals surface area contributed by atoms with Crippen LogP contribution in [-0.2, 0) is 4.79 Å². The van der Waals surface area contributed by atoms with E-state index < -0.39 is 6.10 Å². The Hall–Kier alpha value is -1.32. The molecule has 20 heavy (non-hydrogen) atoms. The van der Waals surface area contributed by atoms with Crippen LogP contribution in [0.4, 0.5) is 0 Å². The summed E-state index contributed by atoms with van der Waals surface area (Å²) in [4.78, 5) is 11.7. The van der Waals surface area contributed by atoms with Crippen molar-refractivity contribution in [3.05, 3.63) is 40.9 Å². The molecule has 3 nitrogen and oxygen atoms in total. The Morgan fingerprint density at radius 1 is 1.40 bits per heavy atom. The molecular weight excluding hydrogens is 274 g/mol. The van der Waals surface area contributed by atoms with Gasteiger partial charge in [0, 0.05) is 17.6 Å². The lowest BCUT2D eigenvalue weighted by atomic mass is 9.96. The fourth-order valence-electron chi connectivity index (χ4n) is 2.05. The minimum Gasteiger partial charge on any atom is -0.391 e. The average molecular weight is 296 g/mol. The topological polar surface area (TPSA) is 49.3 Å². The third-order valence-corrected chi connectivity index (χ3v) is 3.59. The summed E-state index contributed by atoms with van der Waals surface area (Å²) in [7, 11) is 0. The van der Waals surface area contributed by atoms with E-state index in [-0.39, 0.29) is 18.4 Å². The molecule has 1 rings (SSSR count). The van der Waals surface area contributed by atoms with Gasteiger partial charge in [-0.2, -0.15) is 0 Å². The van der Waals surface area contributed by atoms with Gasteiger partial charge in [0.15, 0.2) is 0 Å². The molecule has 0 aliphatic rings. The highest BCUT2D eigenvalue weighted by molar-refractivity contribution is 6.30. The predicted octanol–water partition coefficient (Wildman–Crippen LogP) is 3.27. The molecule has 0 bridgehead atoms. The molecule has 1 aromatic carbocycles. The first-order chi connectivity index (χ1) is 9.56. The van der Waals surface area contributed by atoms with Gasteiger partial charge in [0.05, 0.1) is 6.10 Å².